The van der Waals surface area contributed by atoms with E-state index in [9.17, 15) is 4.79 Å². The van der Waals surface area contributed by atoms with Crippen molar-refractivity contribution in [2.24, 2.45) is 5.73 Å². The fourth-order valence-electron chi connectivity index (χ4n) is 1.37. The highest BCUT2D eigenvalue weighted by Gasteiger charge is 2.19. The molecule has 1 fully saturated rings. The molecule has 74 valence electrons. The van der Waals surface area contributed by atoms with E-state index in [4.69, 9.17) is 10.5 Å². The molecule has 1 rings (SSSR count). The Hall–Kier alpha value is -0.870. The Labute approximate surface area is 78.3 Å². The minimum atomic E-state index is -0.0380. The summed E-state index contributed by atoms with van der Waals surface area (Å²) >= 11 is 0. The van der Waals surface area contributed by atoms with E-state index in [1.54, 1.807) is 4.90 Å². The molecule has 13 heavy (non-hydrogen) atoms. The lowest BCUT2D eigenvalue weighted by Gasteiger charge is -2.21. The van der Waals surface area contributed by atoms with E-state index in [0.29, 0.717) is 19.7 Å². The maximum atomic E-state index is 11.3. The van der Waals surface area contributed by atoms with Gasteiger partial charge in [0, 0.05) is 26.2 Å². The number of hydrogen-bond acceptors (Lipinski definition) is 3. The van der Waals surface area contributed by atoms with Gasteiger partial charge in [0.2, 0.25) is 5.91 Å². The van der Waals surface area contributed by atoms with E-state index < -0.39 is 0 Å². The zero-order valence-corrected chi connectivity index (χ0v) is 7.74. The molecule has 2 N–H and O–H groups in total. The maximum absolute atomic E-state index is 11.3. The van der Waals surface area contributed by atoms with Gasteiger partial charge in [-0.25, -0.2) is 0 Å². The largest absolute Gasteiger partial charge is 0.375 e. The van der Waals surface area contributed by atoms with Crippen molar-refractivity contribution in [3.8, 4) is 0 Å². The van der Waals surface area contributed by atoms with Gasteiger partial charge < -0.3 is 15.4 Å². The average Bonchev–Trinajstić information content (AvgIpc) is 2.41. The summed E-state index contributed by atoms with van der Waals surface area (Å²) in [5.74, 6) is -0.0380. The van der Waals surface area contributed by atoms with Gasteiger partial charge in [0.1, 0.15) is 0 Å². The van der Waals surface area contributed by atoms with Gasteiger partial charge in [-0.2, -0.15) is 0 Å². The van der Waals surface area contributed by atoms with Gasteiger partial charge in [0.25, 0.3) is 0 Å². The molecule has 0 saturated carbocycles. The van der Waals surface area contributed by atoms with E-state index in [1.807, 2.05) is 0 Å². The lowest BCUT2D eigenvalue weighted by molar-refractivity contribution is -0.126. The fourth-order valence-corrected chi connectivity index (χ4v) is 1.37. The van der Waals surface area contributed by atoms with E-state index in [2.05, 4.69) is 6.58 Å². The molecule has 0 spiro atoms. The molecule has 0 aromatic carbocycles. The Morgan fingerprint density at radius 3 is 3.15 bits per heavy atom. The van der Waals surface area contributed by atoms with Crippen LogP contribution in [0.5, 0.6) is 0 Å². The molecule has 1 amide bonds. The highest BCUT2D eigenvalue weighted by atomic mass is 16.5. The third kappa shape index (κ3) is 2.82. The summed E-state index contributed by atoms with van der Waals surface area (Å²) in [7, 11) is 0. The monoisotopic (exact) mass is 184 g/mol. The van der Waals surface area contributed by atoms with Gasteiger partial charge in [0.15, 0.2) is 0 Å². The minimum absolute atomic E-state index is 0.0219. The van der Waals surface area contributed by atoms with Gasteiger partial charge >= 0.3 is 0 Å². The quantitative estimate of drug-likeness (QED) is 0.602. The predicted octanol–water partition coefficient (Wildman–Crippen LogP) is -0.251. The minimum Gasteiger partial charge on any atom is -0.375 e. The second-order valence-electron chi connectivity index (χ2n) is 3.07. The molecular weight excluding hydrogens is 168 g/mol. The molecule has 4 heteroatoms. The predicted molar refractivity (Wildman–Crippen MR) is 50.2 cm³/mol. The number of ether oxygens (including phenoxy) is 1. The molecule has 1 unspecified atom stereocenters. The molecule has 1 saturated heterocycles. The van der Waals surface area contributed by atoms with Crippen molar-refractivity contribution in [2.75, 3.05) is 26.2 Å². The first-order valence-corrected chi connectivity index (χ1v) is 4.51. The van der Waals surface area contributed by atoms with Crippen LogP contribution in [-0.4, -0.2) is 43.2 Å². The van der Waals surface area contributed by atoms with Crippen LogP contribution in [0.3, 0.4) is 0 Å². The second-order valence-corrected chi connectivity index (χ2v) is 3.07. The second kappa shape index (κ2) is 4.99. The fraction of sp³-hybridized carbons (Fsp3) is 0.667. The van der Waals surface area contributed by atoms with Crippen molar-refractivity contribution in [1.29, 1.82) is 0 Å². The first-order chi connectivity index (χ1) is 6.27. The number of nitrogens with zero attached hydrogens (tertiary/aromatic N) is 1. The number of hydrogen-bond donors (Lipinski definition) is 1. The van der Waals surface area contributed by atoms with Crippen LogP contribution < -0.4 is 5.73 Å². The van der Waals surface area contributed by atoms with Crippen LogP contribution in [0.25, 0.3) is 0 Å². The molecule has 1 aliphatic heterocycles. The zero-order chi connectivity index (χ0) is 9.68. The number of carbonyl (C=O) groups is 1. The first-order valence-electron chi connectivity index (χ1n) is 4.51. The van der Waals surface area contributed by atoms with Gasteiger partial charge in [-0.1, -0.05) is 6.58 Å². The maximum Gasteiger partial charge on any atom is 0.246 e. The summed E-state index contributed by atoms with van der Waals surface area (Å²) in [5.41, 5.74) is 5.49. The third-order valence-corrected chi connectivity index (χ3v) is 2.10. The molecule has 1 atom stereocenters. The Morgan fingerprint density at radius 2 is 2.54 bits per heavy atom. The summed E-state index contributed by atoms with van der Waals surface area (Å²) in [6.07, 6.45) is 2.18. The number of carbonyl (C=O) groups excluding carboxylic acids is 1. The number of rotatable bonds is 2. The van der Waals surface area contributed by atoms with Crippen molar-refractivity contribution < 1.29 is 9.53 Å². The molecule has 0 bridgehead atoms. The molecule has 0 aromatic heterocycles. The van der Waals surface area contributed by atoms with E-state index in [0.717, 1.165) is 13.0 Å². The van der Waals surface area contributed by atoms with Crippen LogP contribution in [-0.2, 0) is 9.53 Å². The third-order valence-electron chi connectivity index (χ3n) is 2.10. The Balaban J connectivity index is 2.53. The lowest BCUT2D eigenvalue weighted by Crippen LogP contribution is -2.38. The van der Waals surface area contributed by atoms with Crippen molar-refractivity contribution in [3.05, 3.63) is 12.7 Å². The highest BCUT2D eigenvalue weighted by molar-refractivity contribution is 5.87. The van der Waals surface area contributed by atoms with Crippen molar-refractivity contribution in [1.82, 2.24) is 4.90 Å². The van der Waals surface area contributed by atoms with E-state index in [-0.39, 0.29) is 12.0 Å². The van der Waals surface area contributed by atoms with E-state index in [1.165, 1.54) is 6.08 Å². The molecule has 1 aliphatic rings. The van der Waals surface area contributed by atoms with Crippen molar-refractivity contribution in [2.45, 2.75) is 12.5 Å². The van der Waals surface area contributed by atoms with Gasteiger partial charge in [-0.3, -0.25) is 4.79 Å². The first kappa shape index (κ1) is 10.2. The molecule has 0 aromatic rings. The Bertz CT molecular complexity index is 194. The average molecular weight is 184 g/mol. The summed E-state index contributed by atoms with van der Waals surface area (Å²) in [6.45, 7) is 5.92. The SMILES string of the molecule is C=CC(=O)N1CCCOC(CN)C1. The molecule has 0 radical (unpaired) electrons. The van der Waals surface area contributed by atoms with Crippen LogP contribution in [0.15, 0.2) is 12.7 Å². The number of nitrogens with two attached hydrogens (primary N) is 1. The van der Waals surface area contributed by atoms with Gasteiger partial charge in [-0.05, 0) is 12.5 Å². The van der Waals surface area contributed by atoms with Gasteiger partial charge in [-0.15, -0.1) is 0 Å². The topological polar surface area (TPSA) is 55.6 Å². The number of amides is 1. The zero-order valence-electron chi connectivity index (χ0n) is 7.74. The normalized spacial score (nSPS) is 23.8. The molecule has 1 heterocycles. The molecular formula is C9H16N2O2. The standard InChI is InChI=1S/C9H16N2O2/c1-2-9(12)11-4-3-5-13-8(6-10)7-11/h2,8H,1,3-7,10H2. The van der Waals surface area contributed by atoms with E-state index >= 15 is 0 Å². The summed E-state index contributed by atoms with van der Waals surface area (Å²) in [6, 6.07) is 0. The van der Waals surface area contributed by atoms with Crippen LogP contribution >= 0.6 is 0 Å². The summed E-state index contributed by atoms with van der Waals surface area (Å²) < 4.78 is 5.42. The van der Waals surface area contributed by atoms with Gasteiger partial charge in [0.05, 0.1) is 6.10 Å². The van der Waals surface area contributed by atoms with Crippen molar-refractivity contribution in [3.63, 3.8) is 0 Å². The Morgan fingerprint density at radius 1 is 1.77 bits per heavy atom. The highest BCUT2D eigenvalue weighted by Crippen LogP contribution is 2.05. The van der Waals surface area contributed by atoms with Crippen LogP contribution in [0.4, 0.5) is 0 Å². The smallest absolute Gasteiger partial charge is 0.246 e. The molecule has 0 aliphatic carbocycles. The van der Waals surface area contributed by atoms with Crippen LogP contribution in [0.1, 0.15) is 6.42 Å². The molecule has 4 nitrogen and oxygen atoms in total. The summed E-state index contributed by atoms with van der Waals surface area (Å²) in [4.78, 5) is 13.0. The Kier molecular flexibility index (Phi) is 3.92. The summed E-state index contributed by atoms with van der Waals surface area (Å²) in [5, 5.41) is 0. The van der Waals surface area contributed by atoms with Crippen LogP contribution in [0, 0.1) is 0 Å². The van der Waals surface area contributed by atoms with Crippen LogP contribution in [0.2, 0.25) is 0 Å². The lowest BCUT2D eigenvalue weighted by atomic mass is 10.3. The van der Waals surface area contributed by atoms with Crippen molar-refractivity contribution >= 4 is 5.91 Å².